The largest absolute Gasteiger partial charge is 0.392 e. The van der Waals surface area contributed by atoms with Crippen molar-refractivity contribution in [1.82, 2.24) is 0 Å². The number of hydrogen-bond acceptors (Lipinski definition) is 4. The van der Waals surface area contributed by atoms with E-state index in [1.807, 2.05) is 0 Å². The maximum atomic E-state index is 11.4. The highest BCUT2D eigenvalue weighted by atomic mass is 16.3. The van der Waals surface area contributed by atoms with Crippen LogP contribution in [0.25, 0.3) is 0 Å². The fourth-order valence-electron chi connectivity index (χ4n) is 2.09. The highest BCUT2D eigenvalue weighted by molar-refractivity contribution is 6.27. The molecule has 0 aromatic carbocycles. The van der Waals surface area contributed by atoms with Crippen molar-refractivity contribution in [2.45, 2.75) is 47.1 Å². The van der Waals surface area contributed by atoms with Gasteiger partial charge in [0.1, 0.15) is 0 Å². The topological polar surface area (TPSA) is 97.5 Å². The second-order valence-electron chi connectivity index (χ2n) is 6.38. The van der Waals surface area contributed by atoms with Gasteiger partial charge in [0.2, 0.25) is 11.7 Å². The van der Waals surface area contributed by atoms with Crippen LogP contribution in [0.5, 0.6) is 0 Å². The zero-order chi connectivity index (χ0) is 14.7. The van der Waals surface area contributed by atoms with Gasteiger partial charge >= 0.3 is 0 Å². The van der Waals surface area contributed by atoms with E-state index in [0.717, 1.165) is 0 Å². The molecule has 104 valence electrons. The average Bonchev–Trinajstić information content (AvgIpc) is 2.11. The molecule has 0 fully saturated rings. The fourth-order valence-corrected chi connectivity index (χ4v) is 2.09. The number of aliphatic hydroxyl groups excluding tert-OH is 1. The Labute approximate surface area is 108 Å². The third-order valence-corrected chi connectivity index (χ3v) is 3.12. The molecule has 0 aromatic rings. The molecule has 0 heterocycles. The number of rotatable bonds is 6. The van der Waals surface area contributed by atoms with Crippen LogP contribution < -0.4 is 5.73 Å². The van der Waals surface area contributed by atoms with Crippen molar-refractivity contribution in [2.75, 3.05) is 0 Å². The molecule has 0 spiro atoms. The number of aliphatic hydroxyl groups is 1. The van der Waals surface area contributed by atoms with Gasteiger partial charge in [-0.2, -0.15) is 0 Å². The van der Waals surface area contributed by atoms with Crippen molar-refractivity contribution in [3.05, 3.63) is 0 Å². The Morgan fingerprint density at radius 1 is 1.22 bits per heavy atom. The van der Waals surface area contributed by atoms with Gasteiger partial charge in [-0.15, -0.1) is 0 Å². The molecule has 18 heavy (non-hydrogen) atoms. The molecule has 2 atom stereocenters. The van der Waals surface area contributed by atoms with E-state index in [0.29, 0.717) is 0 Å². The summed E-state index contributed by atoms with van der Waals surface area (Å²) in [6.45, 7) is 8.50. The van der Waals surface area contributed by atoms with E-state index in [1.54, 1.807) is 34.6 Å². The molecular formula is C13H23NO4. The number of amides is 1. The lowest BCUT2D eigenvalue weighted by atomic mass is 9.71. The van der Waals surface area contributed by atoms with Crippen molar-refractivity contribution in [1.29, 1.82) is 0 Å². The summed E-state index contributed by atoms with van der Waals surface area (Å²) in [5.41, 5.74) is 3.79. The molecule has 1 amide bonds. The van der Waals surface area contributed by atoms with Gasteiger partial charge in [-0.1, -0.05) is 34.6 Å². The first-order chi connectivity index (χ1) is 7.93. The lowest BCUT2D eigenvalue weighted by molar-refractivity contribution is -0.139. The molecule has 0 aromatic heterocycles. The van der Waals surface area contributed by atoms with E-state index in [1.165, 1.54) is 0 Å². The van der Waals surface area contributed by atoms with Gasteiger partial charge in [-0.3, -0.25) is 14.4 Å². The van der Waals surface area contributed by atoms with Crippen LogP contribution in [0.4, 0.5) is 0 Å². The molecule has 0 aliphatic rings. The Kier molecular flexibility index (Phi) is 5.22. The number of Topliss-reactive ketones (excluding diaryl/α,β-unsaturated/α-hetero) is 1. The van der Waals surface area contributed by atoms with Gasteiger partial charge in [0, 0.05) is 5.41 Å². The minimum atomic E-state index is -1.05. The van der Waals surface area contributed by atoms with Gasteiger partial charge in [0.15, 0.2) is 6.29 Å². The van der Waals surface area contributed by atoms with Crippen molar-refractivity contribution < 1.29 is 19.5 Å². The molecule has 0 radical (unpaired) electrons. The van der Waals surface area contributed by atoms with Crippen molar-refractivity contribution in [3.63, 3.8) is 0 Å². The van der Waals surface area contributed by atoms with Crippen LogP contribution in [-0.4, -0.2) is 29.2 Å². The molecular weight excluding hydrogens is 234 g/mol. The Hall–Kier alpha value is -1.23. The highest BCUT2D eigenvalue weighted by Crippen LogP contribution is 2.34. The summed E-state index contributed by atoms with van der Waals surface area (Å²) in [5, 5.41) is 10.1. The molecule has 0 rings (SSSR count). The van der Waals surface area contributed by atoms with Gasteiger partial charge in [0.05, 0.1) is 12.0 Å². The standard InChI is InChI=1S/C13H23NO4/c1-12(2,3)10(11(14)18)8(16)6-13(4,5)9(17)7-15/h7-8,10,16H,6H2,1-5H3,(H2,14,18). The maximum Gasteiger partial charge on any atom is 0.223 e. The Morgan fingerprint density at radius 3 is 1.94 bits per heavy atom. The molecule has 0 aliphatic heterocycles. The van der Waals surface area contributed by atoms with Crippen molar-refractivity contribution in [3.8, 4) is 0 Å². The number of ketones is 1. The lowest BCUT2D eigenvalue weighted by Gasteiger charge is -2.35. The second-order valence-corrected chi connectivity index (χ2v) is 6.38. The number of primary amides is 1. The van der Waals surface area contributed by atoms with E-state index in [-0.39, 0.29) is 12.7 Å². The summed E-state index contributed by atoms with van der Waals surface area (Å²) in [6.07, 6.45) is -0.792. The number of carbonyl (C=O) groups excluding carboxylic acids is 3. The summed E-state index contributed by atoms with van der Waals surface area (Å²) < 4.78 is 0. The molecule has 3 N–H and O–H groups in total. The third kappa shape index (κ3) is 4.22. The third-order valence-electron chi connectivity index (χ3n) is 3.12. The Morgan fingerprint density at radius 2 is 1.67 bits per heavy atom. The summed E-state index contributed by atoms with van der Waals surface area (Å²) in [6, 6.07) is 0. The summed E-state index contributed by atoms with van der Waals surface area (Å²) in [4.78, 5) is 33.3. The zero-order valence-electron chi connectivity index (χ0n) is 11.7. The first-order valence-electron chi connectivity index (χ1n) is 5.90. The van der Waals surface area contributed by atoms with E-state index in [2.05, 4.69) is 0 Å². The van der Waals surface area contributed by atoms with E-state index < -0.39 is 34.5 Å². The Balaban J connectivity index is 5.04. The van der Waals surface area contributed by atoms with Crippen LogP contribution in [0.15, 0.2) is 0 Å². The van der Waals surface area contributed by atoms with Crippen LogP contribution in [0.1, 0.15) is 41.0 Å². The highest BCUT2D eigenvalue weighted by Gasteiger charge is 2.40. The van der Waals surface area contributed by atoms with Gasteiger partial charge < -0.3 is 10.8 Å². The molecule has 0 saturated carbocycles. The SMILES string of the molecule is CC(C)(CC(O)C(C(N)=O)C(C)(C)C)C(=O)C=O. The minimum absolute atomic E-state index is 0.0233. The molecule has 5 nitrogen and oxygen atoms in total. The van der Waals surface area contributed by atoms with Crippen LogP contribution in [0.2, 0.25) is 0 Å². The van der Waals surface area contributed by atoms with E-state index >= 15 is 0 Å². The Bertz CT molecular complexity index is 341. The molecule has 0 aliphatic carbocycles. The smallest absolute Gasteiger partial charge is 0.223 e. The normalized spacial score (nSPS) is 15.9. The van der Waals surface area contributed by atoms with Gasteiger partial charge in [-0.25, -0.2) is 0 Å². The first-order valence-corrected chi connectivity index (χ1v) is 5.90. The monoisotopic (exact) mass is 257 g/mol. The summed E-state index contributed by atoms with van der Waals surface area (Å²) in [7, 11) is 0. The molecule has 0 bridgehead atoms. The minimum Gasteiger partial charge on any atom is -0.392 e. The van der Waals surface area contributed by atoms with Gasteiger partial charge in [-0.05, 0) is 11.8 Å². The number of aldehydes is 1. The van der Waals surface area contributed by atoms with Crippen LogP contribution in [-0.2, 0) is 14.4 Å². The predicted molar refractivity (Wildman–Crippen MR) is 67.6 cm³/mol. The first kappa shape index (κ1) is 16.8. The number of carbonyl (C=O) groups is 3. The van der Waals surface area contributed by atoms with Crippen LogP contribution >= 0.6 is 0 Å². The van der Waals surface area contributed by atoms with E-state index in [4.69, 9.17) is 5.73 Å². The molecule has 2 unspecified atom stereocenters. The number of nitrogens with two attached hydrogens (primary N) is 1. The quantitative estimate of drug-likeness (QED) is 0.540. The number of hydrogen-bond donors (Lipinski definition) is 2. The van der Waals surface area contributed by atoms with E-state index in [9.17, 15) is 19.5 Å². The van der Waals surface area contributed by atoms with Gasteiger partial charge in [0.25, 0.3) is 0 Å². The average molecular weight is 257 g/mol. The summed E-state index contributed by atoms with van der Waals surface area (Å²) >= 11 is 0. The molecule has 5 heteroatoms. The fraction of sp³-hybridized carbons (Fsp3) is 0.769. The maximum absolute atomic E-state index is 11.4. The predicted octanol–water partition coefficient (Wildman–Crippen LogP) is 0.679. The zero-order valence-corrected chi connectivity index (χ0v) is 11.7. The summed E-state index contributed by atoms with van der Waals surface area (Å²) in [5.74, 6) is -1.97. The lowest BCUT2D eigenvalue weighted by Crippen LogP contribution is -2.45. The van der Waals surface area contributed by atoms with Crippen LogP contribution in [0, 0.1) is 16.7 Å². The van der Waals surface area contributed by atoms with Crippen LogP contribution in [0.3, 0.4) is 0 Å². The van der Waals surface area contributed by atoms with Crippen molar-refractivity contribution in [2.24, 2.45) is 22.5 Å². The van der Waals surface area contributed by atoms with Crippen molar-refractivity contribution >= 4 is 18.0 Å². The molecule has 0 saturated heterocycles. The second kappa shape index (κ2) is 5.61.